The van der Waals surface area contributed by atoms with Crippen LogP contribution in [0.3, 0.4) is 0 Å². The minimum atomic E-state index is -0.570. The zero-order valence-corrected chi connectivity index (χ0v) is 14.8. The summed E-state index contributed by atoms with van der Waals surface area (Å²) in [5.41, 5.74) is 1.67. The Hall–Kier alpha value is -2.73. The van der Waals surface area contributed by atoms with Gasteiger partial charge in [-0.1, -0.05) is 17.7 Å². The Kier molecular flexibility index (Phi) is 6.25. The number of nitrogens with one attached hydrogen (secondary N) is 1. The van der Waals surface area contributed by atoms with Crippen LogP contribution < -0.4 is 14.8 Å². The molecule has 0 aromatic heterocycles. The van der Waals surface area contributed by atoms with Crippen molar-refractivity contribution in [3.05, 3.63) is 52.5 Å². The molecule has 0 aliphatic carbocycles. The summed E-state index contributed by atoms with van der Waals surface area (Å²) in [4.78, 5) is 23.9. The van der Waals surface area contributed by atoms with Crippen molar-refractivity contribution in [2.24, 2.45) is 0 Å². The van der Waals surface area contributed by atoms with Crippen LogP contribution >= 0.6 is 11.6 Å². The standard InChI is InChI=1S/C18H18ClNO5/c1-11-4-7-15(14(19)8-11)20-17(21)10-25-16-9-12(23-2)5-6-13(16)18(22)24-3/h4-9H,10H2,1-3H3,(H,20,21). The summed E-state index contributed by atoms with van der Waals surface area (Å²) in [5, 5.41) is 3.09. The van der Waals surface area contributed by atoms with Crippen molar-refractivity contribution in [2.75, 3.05) is 26.1 Å². The monoisotopic (exact) mass is 363 g/mol. The average Bonchev–Trinajstić information content (AvgIpc) is 2.61. The Morgan fingerprint density at radius 3 is 2.52 bits per heavy atom. The maximum atomic E-state index is 12.1. The van der Waals surface area contributed by atoms with E-state index in [2.05, 4.69) is 5.32 Å². The molecule has 2 rings (SSSR count). The summed E-state index contributed by atoms with van der Waals surface area (Å²) >= 11 is 6.08. The third kappa shape index (κ3) is 4.87. The van der Waals surface area contributed by atoms with E-state index >= 15 is 0 Å². The van der Waals surface area contributed by atoms with Crippen LogP contribution in [0.4, 0.5) is 5.69 Å². The number of ether oxygens (including phenoxy) is 3. The number of amides is 1. The van der Waals surface area contributed by atoms with Crippen LogP contribution in [-0.2, 0) is 9.53 Å². The van der Waals surface area contributed by atoms with Crippen LogP contribution in [0.2, 0.25) is 5.02 Å². The largest absolute Gasteiger partial charge is 0.497 e. The van der Waals surface area contributed by atoms with Gasteiger partial charge in [0.25, 0.3) is 5.91 Å². The highest BCUT2D eigenvalue weighted by Gasteiger charge is 2.16. The molecule has 0 saturated carbocycles. The maximum absolute atomic E-state index is 12.1. The topological polar surface area (TPSA) is 73.9 Å². The minimum Gasteiger partial charge on any atom is -0.497 e. The summed E-state index contributed by atoms with van der Waals surface area (Å²) in [6, 6.07) is 9.91. The minimum absolute atomic E-state index is 0.191. The quantitative estimate of drug-likeness (QED) is 0.795. The van der Waals surface area contributed by atoms with Gasteiger partial charge in [-0.2, -0.15) is 0 Å². The highest BCUT2D eigenvalue weighted by atomic mass is 35.5. The van der Waals surface area contributed by atoms with Gasteiger partial charge in [0, 0.05) is 6.07 Å². The van der Waals surface area contributed by atoms with E-state index < -0.39 is 11.9 Å². The third-order valence-electron chi connectivity index (χ3n) is 3.35. The predicted molar refractivity (Wildman–Crippen MR) is 94.6 cm³/mol. The van der Waals surface area contributed by atoms with E-state index in [0.717, 1.165) is 5.56 Å². The van der Waals surface area contributed by atoms with E-state index in [1.165, 1.54) is 26.4 Å². The van der Waals surface area contributed by atoms with Crippen LogP contribution in [-0.4, -0.2) is 32.7 Å². The molecule has 2 aromatic rings. The van der Waals surface area contributed by atoms with Gasteiger partial charge in [-0.05, 0) is 36.8 Å². The van der Waals surface area contributed by atoms with E-state index in [9.17, 15) is 9.59 Å². The lowest BCUT2D eigenvalue weighted by Crippen LogP contribution is -2.21. The molecular weight excluding hydrogens is 346 g/mol. The van der Waals surface area contributed by atoms with Crippen molar-refractivity contribution in [3.8, 4) is 11.5 Å². The normalized spacial score (nSPS) is 10.1. The fraction of sp³-hybridized carbons (Fsp3) is 0.222. The number of hydrogen-bond donors (Lipinski definition) is 1. The number of halogens is 1. The number of rotatable bonds is 6. The number of methoxy groups -OCH3 is 2. The fourth-order valence-electron chi connectivity index (χ4n) is 2.08. The van der Waals surface area contributed by atoms with Gasteiger partial charge in [0.1, 0.15) is 17.1 Å². The van der Waals surface area contributed by atoms with Gasteiger partial charge < -0.3 is 19.5 Å². The summed E-state index contributed by atoms with van der Waals surface area (Å²) in [5.74, 6) is -0.301. The number of anilines is 1. The maximum Gasteiger partial charge on any atom is 0.341 e. The van der Waals surface area contributed by atoms with Gasteiger partial charge >= 0.3 is 5.97 Å². The van der Waals surface area contributed by atoms with Crippen molar-refractivity contribution in [1.82, 2.24) is 0 Å². The van der Waals surface area contributed by atoms with E-state index in [1.54, 1.807) is 18.2 Å². The molecule has 0 spiro atoms. The molecule has 0 saturated heterocycles. The molecule has 1 N–H and O–H groups in total. The fourth-order valence-corrected chi connectivity index (χ4v) is 2.36. The first-order chi connectivity index (χ1) is 11.9. The first-order valence-corrected chi connectivity index (χ1v) is 7.77. The Bertz CT molecular complexity index is 791. The molecule has 0 heterocycles. The predicted octanol–water partition coefficient (Wildman–Crippen LogP) is 3.46. The Labute approximate surface area is 150 Å². The molecule has 0 atom stereocenters. The van der Waals surface area contributed by atoms with Gasteiger partial charge in [0.05, 0.1) is 24.9 Å². The number of esters is 1. The van der Waals surface area contributed by atoms with Gasteiger partial charge in [-0.15, -0.1) is 0 Å². The molecule has 25 heavy (non-hydrogen) atoms. The van der Waals surface area contributed by atoms with Crippen LogP contribution in [0.25, 0.3) is 0 Å². The first kappa shape index (κ1) is 18.6. The third-order valence-corrected chi connectivity index (χ3v) is 3.66. The molecule has 0 radical (unpaired) electrons. The molecular formula is C18H18ClNO5. The van der Waals surface area contributed by atoms with E-state index in [0.29, 0.717) is 16.5 Å². The Balaban J connectivity index is 2.09. The first-order valence-electron chi connectivity index (χ1n) is 7.39. The van der Waals surface area contributed by atoms with Crippen molar-refractivity contribution in [3.63, 3.8) is 0 Å². The molecule has 6 nitrogen and oxygen atoms in total. The zero-order chi connectivity index (χ0) is 18.4. The van der Waals surface area contributed by atoms with E-state index in [1.807, 2.05) is 13.0 Å². The van der Waals surface area contributed by atoms with Crippen LogP contribution in [0.1, 0.15) is 15.9 Å². The smallest absolute Gasteiger partial charge is 0.341 e. The lowest BCUT2D eigenvalue weighted by Gasteiger charge is -2.12. The molecule has 0 aliphatic rings. The molecule has 0 fully saturated rings. The SMILES string of the molecule is COC(=O)c1ccc(OC)cc1OCC(=O)Nc1ccc(C)cc1Cl. The van der Waals surface area contributed by atoms with Crippen molar-refractivity contribution in [1.29, 1.82) is 0 Å². The second-order valence-electron chi connectivity index (χ2n) is 5.17. The summed E-state index contributed by atoms with van der Waals surface area (Å²) in [6.45, 7) is 1.60. The van der Waals surface area contributed by atoms with Gasteiger partial charge in [0.2, 0.25) is 0 Å². The highest BCUT2D eigenvalue weighted by molar-refractivity contribution is 6.33. The van der Waals surface area contributed by atoms with Gasteiger partial charge in [-0.25, -0.2) is 4.79 Å². The molecule has 132 valence electrons. The van der Waals surface area contributed by atoms with Crippen LogP contribution in [0, 0.1) is 6.92 Å². The average molecular weight is 364 g/mol. The van der Waals surface area contributed by atoms with Gasteiger partial charge in [-0.3, -0.25) is 4.79 Å². The van der Waals surface area contributed by atoms with Crippen molar-refractivity contribution < 1.29 is 23.8 Å². The summed E-state index contributed by atoms with van der Waals surface area (Å²) in [6.07, 6.45) is 0. The number of aryl methyl sites for hydroxylation is 1. The molecule has 7 heteroatoms. The van der Waals surface area contributed by atoms with Crippen LogP contribution in [0.5, 0.6) is 11.5 Å². The van der Waals surface area contributed by atoms with Crippen LogP contribution in [0.15, 0.2) is 36.4 Å². The molecule has 0 unspecified atom stereocenters. The second kappa shape index (κ2) is 8.39. The summed E-state index contributed by atoms with van der Waals surface area (Å²) < 4.78 is 15.3. The lowest BCUT2D eigenvalue weighted by molar-refractivity contribution is -0.118. The highest BCUT2D eigenvalue weighted by Crippen LogP contribution is 2.26. The number of benzene rings is 2. The van der Waals surface area contributed by atoms with E-state index in [-0.39, 0.29) is 17.9 Å². The molecule has 0 bridgehead atoms. The zero-order valence-electron chi connectivity index (χ0n) is 14.1. The summed E-state index contributed by atoms with van der Waals surface area (Å²) in [7, 11) is 2.76. The molecule has 1 amide bonds. The Morgan fingerprint density at radius 2 is 1.88 bits per heavy atom. The van der Waals surface area contributed by atoms with Crippen molar-refractivity contribution in [2.45, 2.75) is 6.92 Å². The van der Waals surface area contributed by atoms with Crippen molar-refractivity contribution >= 4 is 29.2 Å². The second-order valence-corrected chi connectivity index (χ2v) is 5.58. The molecule has 2 aromatic carbocycles. The number of carbonyl (C=O) groups excluding carboxylic acids is 2. The molecule has 0 aliphatic heterocycles. The van der Waals surface area contributed by atoms with Gasteiger partial charge in [0.15, 0.2) is 6.61 Å². The Morgan fingerprint density at radius 1 is 1.12 bits per heavy atom. The number of hydrogen-bond acceptors (Lipinski definition) is 5. The van der Waals surface area contributed by atoms with E-state index in [4.69, 9.17) is 25.8 Å². The lowest BCUT2D eigenvalue weighted by atomic mass is 10.2. The number of carbonyl (C=O) groups is 2.